The molecule has 1 heterocycles. The van der Waals surface area contributed by atoms with Gasteiger partial charge in [0, 0.05) is 10.9 Å². The molecule has 0 fully saturated rings. The lowest BCUT2D eigenvalue weighted by Crippen LogP contribution is -1.81. The first-order valence-electron chi connectivity index (χ1n) is 5.71. The molecule has 0 aliphatic carbocycles. The molecule has 2 nitrogen and oxygen atoms in total. The Morgan fingerprint density at radius 3 is 2.82 bits per heavy atom. The van der Waals surface area contributed by atoms with Crippen LogP contribution in [0.25, 0.3) is 27.8 Å². The van der Waals surface area contributed by atoms with Gasteiger partial charge in [-0.25, -0.2) is 0 Å². The van der Waals surface area contributed by atoms with Gasteiger partial charge in [0.15, 0.2) is 5.58 Å². The van der Waals surface area contributed by atoms with E-state index < -0.39 is 0 Å². The summed E-state index contributed by atoms with van der Waals surface area (Å²) in [6, 6.07) is 10.5. The molecular weight excluding hydrogens is 210 g/mol. The zero-order valence-electron chi connectivity index (χ0n) is 9.90. The molecule has 1 aromatic heterocycles. The minimum atomic E-state index is 0.874. The van der Waals surface area contributed by atoms with Gasteiger partial charge in [0.25, 0.3) is 0 Å². The molecule has 2 aromatic carbocycles. The molecule has 0 saturated heterocycles. The monoisotopic (exact) mass is 223 g/mol. The predicted octanol–water partition coefficient (Wildman–Crippen LogP) is 4.32. The first-order valence-corrected chi connectivity index (χ1v) is 5.71. The first kappa shape index (κ1) is 10.1. The van der Waals surface area contributed by atoms with Crippen LogP contribution >= 0.6 is 0 Å². The van der Waals surface area contributed by atoms with E-state index in [4.69, 9.17) is 4.52 Å². The Labute approximate surface area is 99.5 Å². The second-order valence-corrected chi connectivity index (χ2v) is 4.16. The van der Waals surface area contributed by atoms with E-state index in [0.29, 0.717) is 0 Å². The molecule has 0 amide bonds. The van der Waals surface area contributed by atoms with E-state index >= 15 is 0 Å². The van der Waals surface area contributed by atoms with Gasteiger partial charge < -0.3 is 4.52 Å². The summed E-state index contributed by atoms with van der Waals surface area (Å²) < 4.78 is 5.44. The number of allylic oxidation sites excluding steroid dienone is 1. The smallest absolute Gasteiger partial charge is 0.174 e. The van der Waals surface area contributed by atoms with Gasteiger partial charge in [0.2, 0.25) is 0 Å². The fourth-order valence-corrected chi connectivity index (χ4v) is 2.22. The van der Waals surface area contributed by atoms with Gasteiger partial charge in [-0.05, 0) is 30.7 Å². The maximum absolute atomic E-state index is 5.44. The summed E-state index contributed by atoms with van der Waals surface area (Å²) in [7, 11) is 0. The molecule has 0 aliphatic heterocycles. The van der Waals surface area contributed by atoms with E-state index in [1.165, 1.54) is 10.8 Å². The van der Waals surface area contributed by atoms with Crippen molar-refractivity contribution in [2.24, 2.45) is 0 Å². The van der Waals surface area contributed by atoms with Crippen LogP contribution in [0.2, 0.25) is 0 Å². The molecule has 0 atom stereocenters. The first-order chi connectivity index (χ1) is 8.31. The summed E-state index contributed by atoms with van der Waals surface area (Å²) in [5.41, 5.74) is 2.93. The van der Waals surface area contributed by atoms with Gasteiger partial charge in [-0.15, -0.1) is 0 Å². The molecule has 0 radical (unpaired) electrons. The van der Waals surface area contributed by atoms with Crippen molar-refractivity contribution in [2.75, 3.05) is 0 Å². The van der Waals surface area contributed by atoms with Crippen molar-refractivity contribution >= 4 is 27.8 Å². The third kappa shape index (κ3) is 1.45. The molecule has 3 aromatic rings. The van der Waals surface area contributed by atoms with Crippen LogP contribution in [0.3, 0.4) is 0 Å². The lowest BCUT2D eigenvalue weighted by atomic mass is 10.0. The van der Waals surface area contributed by atoms with Crippen LogP contribution in [0.4, 0.5) is 0 Å². The third-order valence-corrected chi connectivity index (χ3v) is 3.04. The highest BCUT2D eigenvalue weighted by Crippen LogP contribution is 2.31. The van der Waals surface area contributed by atoms with Crippen LogP contribution in [0.15, 0.2) is 40.9 Å². The van der Waals surface area contributed by atoms with Crippen molar-refractivity contribution in [2.45, 2.75) is 13.8 Å². The normalized spacial score (nSPS) is 11.9. The summed E-state index contributed by atoms with van der Waals surface area (Å²) in [6.45, 7) is 3.98. The molecule has 0 unspecified atom stereocenters. The standard InChI is InChI=1S/C15H13NO/c1-3-6-13-12-8-5-4-7-11(12)9-14-10(2)16-17-15(13)14/h3-9H,1-2H3. The predicted molar refractivity (Wildman–Crippen MR) is 71.0 cm³/mol. The number of rotatable bonds is 1. The highest BCUT2D eigenvalue weighted by Gasteiger charge is 2.11. The van der Waals surface area contributed by atoms with E-state index in [1.807, 2.05) is 26.0 Å². The number of hydrogen-bond donors (Lipinski definition) is 0. The van der Waals surface area contributed by atoms with Crippen LogP contribution in [0, 0.1) is 6.92 Å². The Bertz CT molecular complexity index is 722. The molecule has 0 bridgehead atoms. The van der Waals surface area contributed by atoms with E-state index in [1.54, 1.807) is 0 Å². The van der Waals surface area contributed by atoms with Crippen LogP contribution < -0.4 is 0 Å². The maximum atomic E-state index is 5.44. The molecule has 2 heteroatoms. The van der Waals surface area contributed by atoms with Crippen LogP contribution in [0.5, 0.6) is 0 Å². The minimum absolute atomic E-state index is 0.874. The Kier molecular flexibility index (Phi) is 2.22. The largest absolute Gasteiger partial charge is 0.355 e. The van der Waals surface area contributed by atoms with Gasteiger partial charge in [0.1, 0.15) is 0 Å². The lowest BCUT2D eigenvalue weighted by molar-refractivity contribution is 0.450. The molecular formula is C15H13NO. The molecule has 84 valence electrons. The number of benzene rings is 2. The molecule has 0 N–H and O–H groups in total. The molecule has 0 saturated carbocycles. The van der Waals surface area contributed by atoms with Gasteiger partial charge in [-0.1, -0.05) is 41.6 Å². The average molecular weight is 223 g/mol. The van der Waals surface area contributed by atoms with E-state index in [-0.39, 0.29) is 0 Å². The highest BCUT2D eigenvalue weighted by molar-refractivity contribution is 6.04. The second kappa shape index (κ2) is 3.74. The molecule has 0 aliphatic rings. The topological polar surface area (TPSA) is 26.0 Å². The number of nitrogens with zero attached hydrogens (tertiary/aromatic N) is 1. The minimum Gasteiger partial charge on any atom is -0.355 e. The average Bonchev–Trinajstić information content (AvgIpc) is 2.71. The maximum Gasteiger partial charge on any atom is 0.174 e. The number of hydrogen-bond acceptors (Lipinski definition) is 2. The Hall–Kier alpha value is -2.09. The van der Waals surface area contributed by atoms with Gasteiger partial charge in [-0.2, -0.15) is 0 Å². The van der Waals surface area contributed by atoms with E-state index in [0.717, 1.165) is 22.2 Å². The van der Waals surface area contributed by atoms with Crippen LogP contribution in [-0.2, 0) is 0 Å². The Morgan fingerprint density at radius 1 is 1.18 bits per heavy atom. The van der Waals surface area contributed by atoms with Gasteiger partial charge >= 0.3 is 0 Å². The Morgan fingerprint density at radius 2 is 2.00 bits per heavy atom. The van der Waals surface area contributed by atoms with Gasteiger partial charge in [0.05, 0.1) is 5.69 Å². The third-order valence-electron chi connectivity index (χ3n) is 3.04. The van der Waals surface area contributed by atoms with Crippen molar-refractivity contribution in [3.63, 3.8) is 0 Å². The summed E-state index contributed by atoms with van der Waals surface area (Å²) in [4.78, 5) is 0. The summed E-state index contributed by atoms with van der Waals surface area (Å²) >= 11 is 0. The summed E-state index contributed by atoms with van der Waals surface area (Å²) in [5.74, 6) is 0. The van der Waals surface area contributed by atoms with Crippen molar-refractivity contribution in [3.05, 3.63) is 47.7 Å². The Balaban J connectivity index is 2.57. The zero-order chi connectivity index (χ0) is 11.8. The SMILES string of the molecule is CC=Cc1c2ccccc2cc2c(C)noc12. The quantitative estimate of drug-likeness (QED) is 0.614. The van der Waals surface area contributed by atoms with Gasteiger partial charge in [-0.3, -0.25) is 0 Å². The van der Waals surface area contributed by atoms with E-state index in [2.05, 4.69) is 35.5 Å². The molecule has 0 spiro atoms. The molecule has 17 heavy (non-hydrogen) atoms. The fourth-order valence-electron chi connectivity index (χ4n) is 2.22. The highest BCUT2D eigenvalue weighted by atomic mass is 16.5. The van der Waals surface area contributed by atoms with Crippen molar-refractivity contribution < 1.29 is 4.52 Å². The zero-order valence-corrected chi connectivity index (χ0v) is 9.90. The number of fused-ring (bicyclic) bond motifs is 2. The molecule has 3 rings (SSSR count). The van der Waals surface area contributed by atoms with Crippen LogP contribution in [0.1, 0.15) is 18.2 Å². The van der Waals surface area contributed by atoms with Crippen molar-refractivity contribution in [1.82, 2.24) is 5.16 Å². The summed E-state index contributed by atoms with van der Waals surface area (Å²) in [6.07, 6.45) is 4.11. The lowest BCUT2D eigenvalue weighted by Gasteiger charge is -2.02. The number of aromatic nitrogens is 1. The van der Waals surface area contributed by atoms with Crippen molar-refractivity contribution in [1.29, 1.82) is 0 Å². The van der Waals surface area contributed by atoms with Crippen LogP contribution in [-0.4, -0.2) is 5.16 Å². The van der Waals surface area contributed by atoms with Crippen molar-refractivity contribution in [3.8, 4) is 0 Å². The second-order valence-electron chi connectivity index (χ2n) is 4.16. The number of aryl methyl sites for hydroxylation is 1. The fraction of sp³-hybridized carbons (Fsp3) is 0.133. The summed E-state index contributed by atoms with van der Waals surface area (Å²) in [5, 5.41) is 7.57. The van der Waals surface area contributed by atoms with E-state index in [9.17, 15) is 0 Å².